The summed E-state index contributed by atoms with van der Waals surface area (Å²) in [7, 11) is 1.40. The highest BCUT2D eigenvalue weighted by molar-refractivity contribution is 5.96. The Hall–Kier alpha value is -4.45. The van der Waals surface area contributed by atoms with Crippen LogP contribution in [0.25, 0.3) is 0 Å². The number of benzene rings is 2. The summed E-state index contributed by atoms with van der Waals surface area (Å²) < 4.78 is 5.39. The van der Waals surface area contributed by atoms with Crippen LogP contribution in [0.1, 0.15) is 89.7 Å². The maximum absolute atomic E-state index is 14.4. The van der Waals surface area contributed by atoms with E-state index in [0.29, 0.717) is 30.4 Å². The third kappa shape index (κ3) is 8.97. The highest BCUT2D eigenvalue weighted by atomic mass is 16.6. The molecule has 1 heterocycles. The lowest BCUT2D eigenvalue weighted by Crippen LogP contribution is -2.67. The van der Waals surface area contributed by atoms with E-state index in [-0.39, 0.29) is 13.0 Å². The van der Waals surface area contributed by atoms with Crippen LogP contribution in [0, 0.1) is 5.92 Å². The van der Waals surface area contributed by atoms with E-state index in [2.05, 4.69) is 10.6 Å². The Labute approximate surface area is 288 Å². The van der Waals surface area contributed by atoms with E-state index >= 15 is 0 Å². The molecular formula is C37H50N4O8. The van der Waals surface area contributed by atoms with Crippen molar-refractivity contribution >= 4 is 29.8 Å². The van der Waals surface area contributed by atoms with Crippen molar-refractivity contribution in [3.05, 3.63) is 71.8 Å². The summed E-state index contributed by atoms with van der Waals surface area (Å²) in [5.74, 6) is -4.84. The summed E-state index contributed by atoms with van der Waals surface area (Å²) >= 11 is 0. The lowest BCUT2D eigenvalue weighted by molar-refractivity contribution is -0.171. The summed E-state index contributed by atoms with van der Waals surface area (Å²) in [4.78, 5) is 69.7. The van der Waals surface area contributed by atoms with Gasteiger partial charge in [0.15, 0.2) is 0 Å². The fraction of sp³-hybridized carbons (Fsp3) is 0.541. The van der Waals surface area contributed by atoms with Crippen LogP contribution in [-0.4, -0.2) is 92.8 Å². The van der Waals surface area contributed by atoms with Gasteiger partial charge in [-0.15, -0.1) is 0 Å². The molecule has 0 spiro atoms. The maximum Gasteiger partial charge on any atom is 0.410 e. The minimum Gasteiger partial charge on any atom is -0.480 e. The first kappa shape index (κ1) is 37.4. The highest BCUT2D eigenvalue weighted by Crippen LogP contribution is 2.35. The Morgan fingerprint density at radius 1 is 0.878 bits per heavy atom. The monoisotopic (exact) mass is 678 g/mol. The zero-order chi connectivity index (χ0) is 35.9. The number of likely N-dealkylation sites (N-methyl/N-ethyl adjacent to an activating group) is 1. The molecule has 2 aromatic rings. The van der Waals surface area contributed by atoms with Crippen molar-refractivity contribution in [2.24, 2.45) is 5.92 Å². The second-order valence-electron chi connectivity index (χ2n) is 14.1. The number of ether oxygens (including phenoxy) is 1. The molecule has 12 heteroatoms. The number of likely N-dealkylation sites (tertiary alicyclic amines) is 1. The van der Waals surface area contributed by atoms with Crippen LogP contribution in [0.15, 0.2) is 60.7 Å². The first-order valence-electron chi connectivity index (χ1n) is 17.1. The van der Waals surface area contributed by atoms with Gasteiger partial charge in [-0.3, -0.25) is 19.3 Å². The van der Waals surface area contributed by atoms with Crippen LogP contribution < -0.4 is 10.6 Å². The van der Waals surface area contributed by atoms with Gasteiger partial charge in [0.2, 0.25) is 17.5 Å². The predicted octanol–water partition coefficient (Wildman–Crippen LogP) is 4.02. The number of nitrogens with zero attached hydrogens (tertiary/aromatic N) is 2. The molecule has 1 saturated heterocycles. The Kier molecular flexibility index (Phi) is 12.1. The number of carbonyl (C=O) groups excluding carboxylic acids is 4. The minimum absolute atomic E-state index is 0.133. The van der Waals surface area contributed by atoms with Gasteiger partial charge in [0.25, 0.3) is 5.91 Å². The number of hydrogen-bond donors (Lipinski definition) is 4. The van der Waals surface area contributed by atoms with Gasteiger partial charge in [0, 0.05) is 25.4 Å². The van der Waals surface area contributed by atoms with Gasteiger partial charge in [0.05, 0.1) is 0 Å². The number of nitrogens with one attached hydrogen (secondary N) is 2. The molecule has 0 bridgehead atoms. The van der Waals surface area contributed by atoms with Crippen LogP contribution in [0.3, 0.4) is 0 Å². The Bertz CT molecular complexity index is 1430. The lowest BCUT2D eigenvalue weighted by atomic mass is 9.80. The molecule has 49 heavy (non-hydrogen) atoms. The van der Waals surface area contributed by atoms with E-state index in [1.54, 1.807) is 69.3 Å². The average Bonchev–Trinajstić information content (AvgIpc) is 3.57. The summed E-state index contributed by atoms with van der Waals surface area (Å²) in [5, 5.41) is 27.9. The maximum atomic E-state index is 14.4. The summed E-state index contributed by atoms with van der Waals surface area (Å²) in [6.07, 6.45) is 3.30. The lowest BCUT2D eigenvalue weighted by Gasteiger charge is -2.42. The van der Waals surface area contributed by atoms with Gasteiger partial charge < -0.3 is 30.5 Å². The van der Waals surface area contributed by atoms with E-state index in [0.717, 1.165) is 24.2 Å². The van der Waals surface area contributed by atoms with Crippen LogP contribution in [0.2, 0.25) is 0 Å². The van der Waals surface area contributed by atoms with Crippen molar-refractivity contribution in [1.82, 2.24) is 20.4 Å². The molecule has 1 aliphatic carbocycles. The summed E-state index contributed by atoms with van der Waals surface area (Å²) in [5.41, 5.74) is -1.76. The molecule has 1 aliphatic heterocycles. The van der Waals surface area contributed by atoms with E-state index in [4.69, 9.17) is 4.74 Å². The minimum atomic E-state index is -2.35. The second kappa shape index (κ2) is 15.8. The van der Waals surface area contributed by atoms with Crippen molar-refractivity contribution in [2.75, 3.05) is 13.6 Å². The van der Waals surface area contributed by atoms with E-state index < -0.39 is 71.1 Å². The standard InChI is InChI=1S/C37H50N4O8/c1-24(40(5)35(47)49-36(2,3)4)31(42)39-37(48,27-20-13-8-14-21-27)34(46)41-23-15-22-28(41)32(43)38-30(33(44)45)29(25-16-9-6-10-17-25)26-18-11-7-12-19-26/h6-7,9-12,16-19,24,27-30,48H,8,13-15,20-23H2,1-5H3,(H,38,43)(H,39,42)(H,44,45)/t24-,28-,30-,37?/m0/s1. The molecule has 0 radical (unpaired) electrons. The third-order valence-corrected chi connectivity index (χ3v) is 9.51. The fourth-order valence-corrected chi connectivity index (χ4v) is 6.75. The SMILES string of the molecule is C[C@@H](C(=O)NC(O)(C(=O)N1CCC[C@H]1C(=O)N[C@H](C(=O)O)C(c1ccccc1)c1ccccc1)C1CCCCC1)N(C)C(=O)OC(C)(C)C. The molecule has 2 aromatic carbocycles. The van der Waals surface area contributed by atoms with Crippen LogP contribution in [0.5, 0.6) is 0 Å². The molecule has 266 valence electrons. The molecule has 4 amide bonds. The van der Waals surface area contributed by atoms with Gasteiger partial charge in [-0.25, -0.2) is 9.59 Å². The highest BCUT2D eigenvalue weighted by Gasteiger charge is 2.52. The molecule has 1 saturated carbocycles. The fourth-order valence-electron chi connectivity index (χ4n) is 6.75. The predicted molar refractivity (Wildman–Crippen MR) is 182 cm³/mol. The van der Waals surface area contributed by atoms with Gasteiger partial charge >= 0.3 is 12.1 Å². The number of carboxylic acid groups (broad SMARTS) is 1. The number of aliphatic carboxylic acids is 1. The average molecular weight is 679 g/mol. The smallest absolute Gasteiger partial charge is 0.410 e. The Morgan fingerprint density at radius 2 is 1.43 bits per heavy atom. The third-order valence-electron chi connectivity index (χ3n) is 9.51. The largest absolute Gasteiger partial charge is 0.480 e. The number of hydrogen-bond acceptors (Lipinski definition) is 7. The first-order chi connectivity index (χ1) is 23.1. The number of rotatable bonds is 11. The summed E-state index contributed by atoms with van der Waals surface area (Å²) in [6, 6.07) is 14.5. The zero-order valence-corrected chi connectivity index (χ0v) is 29.1. The van der Waals surface area contributed by atoms with Crippen LogP contribution in [-0.2, 0) is 23.9 Å². The van der Waals surface area contributed by atoms with Gasteiger partial charge in [-0.1, -0.05) is 79.9 Å². The number of aliphatic hydroxyl groups is 1. The Morgan fingerprint density at radius 3 is 1.94 bits per heavy atom. The van der Waals surface area contributed by atoms with Gasteiger partial charge in [-0.2, -0.15) is 0 Å². The van der Waals surface area contributed by atoms with Crippen molar-refractivity contribution in [3.63, 3.8) is 0 Å². The molecule has 12 nitrogen and oxygen atoms in total. The van der Waals surface area contributed by atoms with Crippen molar-refractivity contribution in [3.8, 4) is 0 Å². The number of carbonyl (C=O) groups is 5. The topological polar surface area (TPSA) is 166 Å². The number of amides is 4. The van der Waals surface area contributed by atoms with Crippen LogP contribution in [0.4, 0.5) is 4.79 Å². The summed E-state index contributed by atoms with van der Waals surface area (Å²) in [6.45, 7) is 6.71. The molecule has 4 atom stereocenters. The molecule has 0 aromatic heterocycles. The molecule has 4 rings (SSSR count). The van der Waals surface area contributed by atoms with Gasteiger partial charge in [0.1, 0.15) is 23.7 Å². The van der Waals surface area contributed by atoms with Crippen molar-refractivity contribution < 1.29 is 38.9 Å². The molecule has 2 fully saturated rings. The molecular weight excluding hydrogens is 628 g/mol. The van der Waals surface area contributed by atoms with Crippen molar-refractivity contribution in [2.45, 2.75) is 108 Å². The van der Waals surface area contributed by atoms with E-state index in [1.165, 1.54) is 18.9 Å². The quantitative estimate of drug-likeness (QED) is 0.259. The zero-order valence-electron chi connectivity index (χ0n) is 29.1. The van der Waals surface area contributed by atoms with Crippen LogP contribution >= 0.6 is 0 Å². The Balaban J connectivity index is 1.59. The molecule has 1 unspecified atom stereocenters. The molecule has 2 aliphatic rings. The normalized spacial score (nSPS) is 19.3. The molecule has 4 N–H and O–H groups in total. The van der Waals surface area contributed by atoms with Gasteiger partial charge in [-0.05, 0) is 64.5 Å². The second-order valence-corrected chi connectivity index (χ2v) is 14.1. The first-order valence-corrected chi connectivity index (χ1v) is 17.1. The van der Waals surface area contributed by atoms with E-state index in [1.807, 2.05) is 12.1 Å². The van der Waals surface area contributed by atoms with E-state index in [9.17, 15) is 34.2 Å². The van der Waals surface area contributed by atoms with Crippen molar-refractivity contribution in [1.29, 1.82) is 0 Å². The number of carboxylic acids is 1.